The van der Waals surface area contributed by atoms with E-state index in [1.165, 1.54) is 12.0 Å². The smallest absolute Gasteiger partial charge is 0.101 e. The highest BCUT2D eigenvalue weighted by Crippen LogP contribution is 2.46. The van der Waals surface area contributed by atoms with E-state index in [0.29, 0.717) is 16.9 Å². The Kier molecular flexibility index (Phi) is 3.82. The standard InChI is InChI=1S/C18H26N2/c1-13-6-7-14(11-19)16(8-13)20-15-9-17(2,3)12-18(4,5)10-15/h6-8,15,20H,9-10,12H2,1-5H3. The number of nitrogens with one attached hydrogen (secondary N) is 1. The lowest BCUT2D eigenvalue weighted by atomic mass is 9.63. The highest BCUT2D eigenvalue weighted by molar-refractivity contribution is 5.59. The highest BCUT2D eigenvalue weighted by atomic mass is 14.9. The van der Waals surface area contributed by atoms with Crippen LogP contribution >= 0.6 is 0 Å². The molecule has 0 aromatic heterocycles. The third kappa shape index (κ3) is 3.54. The average molecular weight is 270 g/mol. The van der Waals surface area contributed by atoms with Gasteiger partial charge in [-0.15, -0.1) is 0 Å². The van der Waals surface area contributed by atoms with Gasteiger partial charge in [-0.2, -0.15) is 5.26 Å². The van der Waals surface area contributed by atoms with Gasteiger partial charge in [0.2, 0.25) is 0 Å². The van der Waals surface area contributed by atoms with Gasteiger partial charge in [-0.1, -0.05) is 33.8 Å². The molecule has 1 N–H and O–H groups in total. The minimum absolute atomic E-state index is 0.357. The second-order valence-corrected chi connectivity index (χ2v) is 7.92. The number of benzene rings is 1. The Labute approximate surface area is 123 Å². The molecule has 0 atom stereocenters. The van der Waals surface area contributed by atoms with Gasteiger partial charge in [0.1, 0.15) is 6.07 Å². The summed E-state index contributed by atoms with van der Waals surface area (Å²) in [6, 6.07) is 8.74. The number of nitriles is 1. The van der Waals surface area contributed by atoms with Gasteiger partial charge in [0.15, 0.2) is 0 Å². The molecule has 0 aliphatic heterocycles. The summed E-state index contributed by atoms with van der Waals surface area (Å²) < 4.78 is 0. The SMILES string of the molecule is Cc1ccc(C#N)c(NC2CC(C)(C)CC(C)(C)C2)c1. The van der Waals surface area contributed by atoms with Gasteiger partial charge in [0, 0.05) is 6.04 Å². The van der Waals surface area contributed by atoms with Gasteiger partial charge in [-0.05, 0) is 54.7 Å². The Balaban J connectivity index is 2.22. The Morgan fingerprint density at radius 3 is 2.30 bits per heavy atom. The molecule has 20 heavy (non-hydrogen) atoms. The fourth-order valence-electron chi connectivity index (χ4n) is 4.04. The number of anilines is 1. The van der Waals surface area contributed by atoms with E-state index in [4.69, 9.17) is 0 Å². The maximum atomic E-state index is 9.25. The Morgan fingerprint density at radius 1 is 1.15 bits per heavy atom. The van der Waals surface area contributed by atoms with E-state index < -0.39 is 0 Å². The van der Waals surface area contributed by atoms with Crippen molar-refractivity contribution in [2.45, 2.75) is 59.9 Å². The van der Waals surface area contributed by atoms with Crippen molar-refractivity contribution in [2.24, 2.45) is 10.8 Å². The van der Waals surface area contributed by atoms with Gasteiger partial charge >= 0.3 is 0 Å². The van der Waals surface area contributed by atoms with Crippen molar-refractivity contribution in [3.8, 4) is 6.07 Å². The predicted octanol–water partition coefficient (Wildman–Crippen LogP) is 4.88. The van der Waals surface area contributed by atoms with Crippen LogP contribution in [-0.4, -0.2) is 6.04 Å². The molecule has 2 heteroatoms. The fraction of sp³-hybridized carbons (Fsp3) is 0.611. The Morgan fingerprint density at radius 2 is 1.75 bits per heavy atom. The van der Waals surface area contributed by atoms with Crippen LogP contribution in [0.1, 0.15) is 58.1 Å². The summed E-state index contributed by atoms with van der Waals surface area (Å²) in [6.45, 7) is 11.5. The second kappa shape index (κ2) is 5.13. The monoisotopic (exact) mass is 270 g/mol. The first-order valence-corrected chi connectivity index (χ1v) is 7.48. The van der Waals surface area contributed by atoms with Crippen LogP contribution in [-0.2, 0) is 0 Å². The molecule has 0 heterocycles. The topological polar surface area (TPSA) is 35.8 Å². The van der Waals surface area contributed by atoms with Crippen molar-refractivity contribution in [1.29, 1.82) is 5.26 Å². The molecule has 0 saturated heterocycles. The summed E-state index contributed by atoms with van der Waals surface area (Å²) in [7, 11) is 0. The van der Waals surface area contributed by atoms with E-state index in [1.807, 2.05) is 12.1 Å². The molecule has 0 amide bonds. The Hall–Kier alpha value is -1.49. The van der Waals surface area contributed by atoms with Crippen molar-refractivity contribution in [3.05, 3.63) is 29.3 Å². The van der Waals surface area contributed by atoms with Crippen LogP contribution in [0.3, 0.4) is 0 Å². The molecule has 0 bridgehead atoms. The fourth-order valence-corrected chi connectivity index (χ4v) is 4.04. The van der Waals surface area contributed by atoms with E-state index >= 15 is 0 Å². The van der Waals surface area contributed by atoms with E-state index in [1.54, 1.807) is 0 Å². The molecule has 0 unspecified atom stereocenters. The maximum absolute atomic E-state index is 9.25. The van der Waals surface area contributed by atoms with E-state index in [2.05, 4.69) is 52.1 Å². The van der Waals surface area contributed by atoms with Crippen LogP contribution in [0.2, 0.25) is 0 Å². The Bertz CT molecular complexity index is 519. The van der Waals surface area contributed by atoms with Crippen LogP contribution in [0.4, 0.5) is 5.69 Å². The predicted molar refractivity (Wildman–Crippen MR) is 84.7 cm³/mol. The van der Waals surface area contributed by atoms with Gasteiger partial charge < -0.3 is 5.32 Å². The van der Waals surface area contributed by atoms with Crippen LogP contribution in [0.25, 0.3) is 0 Å². The van der Waals surface area contributed by atoms with Gasteiger partial charge in [-0.25, -0.2) is 0 Å². The molecule has 1 aliphatic carbocycles. The van der Waals surface area contributed by atoms with Crippen molar-refractivity contribution in [2.75, 3.05) is 5.32 Å². The first-order valence-electron chi connectivity index (χ1n) is 7.48. The summed E-state index contributed by atoms with van der Waals surface area (Å²) >= 11 is 0. The van der Waals surface area contributed by atoms with Crippen LogP contribution in [0.5, 0.6) is 0 Å². The third-order valence-electron chi connectivity index (χ3n) is 4.21. The number of rotatable bonds is 2. The lowest BCUT2D eigenvalue weighted by Gasteiger charge is -2.45. The van der Waals surface area contributed by atoms with Crippen LogP contribution in [0.15, 0.2) is 18.2 Å². The normalized spacial score (nSPS) is 21.2. The average Bonchev–Trinajstić information content (AvgIpc) is 2.24. The molecule has 108 valence electrons. The van der Waals surface area contributed by atoms with Gasteiger partial charge in [0.05, 0.1) is 11.3 Å². The second-order valence-electron chi connectivity index (χ2n) is 7.92. The minimum atomic E-state index is 0.357. The molecule has 1 aromatic rings. The summed E-state index contributed by atoms with van der Waals surface area (Å²) in [4.78, 5) is 0. The zero-order valence-corrected chi connectivity index (χ0v) is 13.4. The van der Waals surface area contributed by atoms with Crippen molar-refractivity contribution in [3.63, 3.8) is 0 Å². The molecule has 1 fully saturated rings. The molecule has 1 saturated carbocycles. The first-order chi connectivity index (χ1) is 9.21. The van der Waals surface area contributed by atoms with E-state index in [9.17, 15) is 5.26 Å². The molecule has 2 nitrogen and oxygen atoms in total. The number of hydrogen-bond donors (Lipinski definition) is 1. The zero-order chi connectivity index (χ0) is 15.0. The first kappa shape index (κ1) is 14.9. The zero-order valence-electron chi connectivity index (χ0n) is 13.4. The number of hydrogen-bond acceptors (Lipinski definition) is 2. The van der Waals surface area contributed by atoms with Crippen LogP contribution in [0, 0.1) is 29.1 Å². The van der Waals surface area contributed by atoms with Crippen molar-refractivity contribution < 1.29 is 0 Å². The molecule has 1 aliphatic rings. The third-order valence-corrected chi connectivity index (χ3v) is 4.21. The largest absolute Gasteiger partial charge is 0.381 e. The van der Waals surface area contributed by atoms with Gasteiger partial charge in [0.25, 0.3) is 0 Å². The molecule has 0 spiro atoms. The van der Waals surface area contributed by atoms with Crippen molar-refractivity contribution >= 4 is 5.69 Å². The summed E-state index contributed by atoms with van der Waals surface area (Å²) in [5, 5.41) is 12.9. The number of nitrogens with zero attached hydrogens (tertiary/aromatic N) is 1. The molecule has 0 radical (unpaired) electrons. The maximum Gasteiger partial charge on any atom is 0.101 e. The van der Waals surface area contributed by atoms with Gasteiger partial charge in [-0.3, -0.25) is 0 Å². The van der Waals surface area contributed by atoms with Crippen LogP contribution < -0.4 is 5.32 Å². The minimum Gasteiger partial charge on any atom is -0.381 e. The van der Waals surface area contributed by atoms with E-state index in [-0.39, 0.29) is 0 Å². The molecule has 2 rings (SSSR count). The molecular formula is C18H26N2. The summed E-state index contributed by atoms with van der Waals surface area (Å²) in [6.07, 6.45) is 3.58. The molecular weight excluding hydrogens is 244 g/mol. The lowest BCUT2D eigenvalue weighted by molar-refractivity contribution is 0.105. The lowest BCUT2D eigenvalue weighted by Crippen LogP contribution is -2.40. The number of aryl methyl sites for hydroxylation is 1. The quantitative estimate of drug-likeness (QED) is 0.831. The summed E-state index contributed by atoms with van der Waals surface area (Å²) in [5.41, 5.74) is 3.65. The molecule has 1 aromatic carbocycles. The van der Waals surface area contributed by atoms with Crippen molar-refractivity contribution in [1.82, 2.24) is 0 Å². The summed E-state index contributed by atoms with van der Waals surface area (Å²) in [5.74, 6) is 0. The highest BCUT2D eigenvalue weighted by Gasteiger charge is 2.38. The van der Waals surface area contributed by atoms with E-state index in [0.717, 1.165) is 24.1 Å².